The summed E-state index contributed by atoms with van der Waals surface area (Å²) < 4.78 is 27.8. The molecule has 2 atom stereocenters. The van der Waals surface area contributed by atoms with Gasteiger partial charge in [-0.2, -0.15) is 0 Å². The Bertz CT molecular complexity index is 666. The molecule has 0 heterocycles. The van der Waals surface area contributed by atoms with Crippen molar-refractivity contribution in [1.29, 1.82) is 0 Å². The van der Waals surface area contributed by atoms with Gasteiger partial charge in [0, 0.05) is 11.5 Å². The lowest BCUT2D eigenvalue weighted by Crippen LogP contribution is -2.18. The molecule has 2 aromatic carbocycles. The third-order valence-corrected chi connectivity index (χ3v) is 4.39. The molecule has 0 spiro atoms. The van der Waals surface area contributed by atoms with Crippen LogP contribution in [0, 0.1) is 18.6 Å². The quantitative estimate of drug-likeness (QED) is 0.867. The van der Waals surface area contributed by atoms with Crippen LogP contribution in [-0.2, 0) is 6.42 Å². The number of benzene rings is 2. The molecule has 3 rings (SSSR count). The molecule has 1 aliphatic rings. The summed E-state index contributed by atoms with van der Waals surface area (Å²) >= 11 is 0. The van der Waals surface area contributed by atoms with Gasteiger partial charge in [0.2, 0.25) is 0 Å². The van der Waals surface area contributed by atoms with E-state index in [1.54, 1.807) is 0 Å². The zero-order valence-corrected chi connectivity index (χ0v) is 11.9. The Labute approximate surface area is 123 Å². The van der Waals surface area contributed by atoms with Crippen LogP contribution >= 0.6 is 0 Å². The second-order valence-electron chi connectivity index (χ2n) is 5.77. The van der Waals surface area contributed by atoms with E-state index in [1.807, 2.05) is 24.3 Å². The first-order valence-electron chi connectivity index (χ1n) is 7.29. The third kappa shape index (κ3) is 2.58. The molecule has 3 heteroatoms. The van der Waals surface area contributed by atoms with Gasteiger partial charge in [0.15, 0.2) is 0 Å². The minimum absolute atomic E-state index is 0.0554. The zero-order valence-electron chi connectivity index (χ0n) is 11.9. The smallest absolute Gasteiger partial charge is 0.129 e. The van der Waals surface area contributed by atoms with E-state index < -0.39 is 17.7 Å². The van der Waals surface area contributed by atoms with E-state index in [9.17, 15) is 13.9 Å². The van der Waals surface area contributed by atoms with Crippen LogP contribution < -0.4 is 0 Å². The van der Waals surface area contributed by atoms with Crippen molar-refractivity contribution in [2.24, 2.45) is 0 Å². The fourth-order valence-electron chi connectivity index (χ4n) is 3.22. The van der Waals surface area contributed by atoms with Crippen LogP contribution in [0.3, 0.4) is 0 Å². The van der Waals surface area contributed by atoms with Gasteiger partial charge in [-0.15, -0.1) is 0 Å². The third-order valence-electron chi connectivity index (χ3n) is 4.39. The maximum atomic E-state index is 14.1. The first kappa shape index (κ1) is 14.2. The van der Waals surface area contributed by atoms with Crippen LogP contribution in [0.15, 0.2) is 36.4 Å². The molecule has 0 saturated heterocycles. The monoisotopic (exact) mass is 288 g/mol. The van der Waals surface area contributed by atoms with E-state index in [-0.39, 0.29) is 17.0 Å². The summed E-state index contributed by atoms with van der Waals surface area (Å²) in [4.78, 5) is 0. The van der Waals surface area contributed by atoms with Crippen molar-refractivity contribution in [1.82, 2.24) is 0 Å². The van der Waals surface area contributed by atoms with Gasteiger partial charge < -0.3 is 5.11 Å². The summed E-state index contributed by atoms with van der Waals surface area (Å²) in [5.41, 5.74) is 2.56. The van der Waals surface area contributed by atoms with Gasteiger partial charge in [-0.3, -0.25) is 0 Å². The number of rotatable bonds is 2. The van der Waals surface area contributed by atoms with E-state index in [1.165, 1.54) is 12.5 Å². The minimum Gasteiger partial charge on any atom is -0.388 e. The number of fused-ring (bicyclic) bond motifs is 1. The highest BCUT2D eigenvalue weighted by Gasteiger charge is 2.29. The fourth-order valence-corrected chi connectivity index (χ4v) is 3.22. The van der Waals surface area contributed by atoms with Crippen LogP contribution in [-0.4, -0.2) is 5.11 Å². The Morgan fingerprint density at radius 3 is 2.71 bits per heavy atom. The molecule has 21 heavy (non-hydrogen) atoms. The Balaban J connectivity index is 2.00. The second kappa shape index (κ2) is 5.57. The van der Waals surface area contributed by atoms with Crippen LogP contribution in [0.4, 0.5) is 8.78 Å². The van der Waals surface area contributed by atoms with Gasteiger partial charge in [-0.25, -0.2) is 8.78 Å². The molecule has 2 aromatic rings. The van der Waals surface area contributed by atoms with Crippen molar-refractivity contribution >= 4 is 0 Å². The molecular formula is C18H18F2O. The highest BCUT2D eigenvalue weighted by atomic mass is 19.1. The average Bonchev–Trinajstić information content (AvgIpc) is 2.49. The topological polar surface area (TPSA) is 20.2 Å². The minimum atomic E-state index is -1.01. The standard InChI is InChI=1S/C18H18F2O/c1-11-9-17(20)15(10-16(11)19)18(21)14-8-4-6-12-5-2-3-7-13(12)14/h2-3,5,7,9-10,14,18,21H,4,6,8H2,1H3. The molecule has 0 fully saturated rings. The summed E-state index contributed by atoms with van der Waals surface area (Å²) in [5, 5.41) is 10.6. The van der Waals surface area contributed by atoms with Crippen molar-refractivity contribution in [3.8, 4) is 0 Å². The summed E-state index contributed by atoms with van der Waals surface area (Å²) in [5.74, 6) is -1.19. The van der Waals surface area contributed by atoms with E-state index in [0.29, 0.717) is 0 Å². The largest absolute Gasteiger partial charge is 0.388 e. The van der Waals surface area contributed by atoms with Gasteiger partial charge in [0.25, 0.3) is 0 Å². The Morgan fingerprint density at radius 2 is 1.90 bits per heavy atom. The Hall–Kier alpha value is -1.74. The predicted octanol–water partition coefficient (Wildman–Crippen LogP) is 4.43. The summed E-state index contributed by atoms with van der Waals surface area (Å²) in [7, 11) is 0. The fraction of sp³-hybridized carbons (Fsp3) is 0.333. The maximum Gasteiger partial charge on any atom is 0.129 e. The molecule has 110 valence electrons. The van der Waals surface area contributed by atoms with Gasteiger partial charge >= 0.3 is 0 Å². The highest BCUT2D eigenvalue weighted by molar-refractivity contribution is 5.36. The molecule has 0 amide bonds. The van der Waals surface area contributed by atoms with Gasteiger partial charge in [0.05, 0.1) is 6.10 Å². The lowest BCUT2D eigenvalue weighted by molar-refractivity contribution is 0.131. The number of halogens is 2. The number of aliphatic hydroxyl groups excluding tert-OH is 1. The van der Waals surface area contributed by atoms with E-state index >= 15 is 0 Å². The van der Waals surface area contributed by atoms with Crippen molar-refractivity contribution in [2.75, 3.05) is 0 Å². The summed E-state index contributed by atoms with van der Waals surface area (Å²) in [6, 6.07) is 10.2. The number of hydrogen-bond donors (Lipinski definition) is 1. The SMILES string of the molecule is Cc1cc(F)c(C(O)C2CCCc3ccccc32)cc1F. The van der Waals surface area contributed by atoms with E-state index in [4.69, 9.17) is 0 Å². The maximum absolute atomic E-state index is 14.1. The van der Waals surface area contributed by atoms with Crippen LogP contribution in [0.5, 0.6) is 0 Å². The predicted molar refractivity (Wildman–Crippen MR) is 78.2 cm³/mol. The van der Waals surface area contributed by atoms with Gasteiger partial charge in [-0.05, 0) is 55.0 Å². The first-order chi connectivity index (χ1) is 10.1. The van der Waals surface area contributed by atoms with Crippen molar-refractivity contribution < 1.29 is 13.9 Å². The van der Waals surface area contributed by atoms with Crippen molar-refractivity contribution in [3.63, 3.8) is 0 Å². The molecular weight excluding hydrogens is 270 g/mol. The molecule has 0 bridgehead atoms. The molecule has 1 nitrogen and oxygen atoms in total. The molecule has 0 aromatic heterocycles. The lowest BCUT2D eigenvalue weighted by atomic mass is 9.78. The van der Waals surface area contributed by atoms with Crippen LogP contribution in [0.1, 0.15) is 47.1 Å². The molecule has 0 radical (unpaired) electrons. The Morgan fingerprint density at radius 1 is 1.14 bits per heavy atom. The van der Waals surface area contributed by atoms with Gasteiger partial charge in [-0.1, -0.05) is 24.3 Å². The molecule has 2 unspecified atom stereocenters. The second-order valence-corrected chi connectivity index (χ2v) is 5.77. The van der Waals surface area contributed by atoms with E-state index in [2.05, 4.69) is 0 Å². The molecule has 0 saturated carbocycles. The van der Waals surface area contributed by atoms with Crippen molar-refractivity contribution in [3.05, 3.63) is 70.3 Å². The summed E-state index contributed by atoms with van der Waals surface area (Å²) in [6.45, 7) is 1.52. The molecule has 1 aliphatic carbocycles. The Kier molecular flexibility index (Phi) is 3.77. The van der Waals surface area contributed by atoms with Crippen LogP contribution in [0.2, 0.25) is 0 Å². The first-order valence-corrected chi connectivity index (χ1v) is 7.29. The van der Waals surface area contributed by atoms with Crippen LogP contribution in [0.25, 0.3) is 0 Å². The number of hydrogen-bond acceptors (Lipinski definition) is 1. The number of aryl methyl sites for hydroxylation is 2. The molecule has 0 aliphatic heterocycles. The average molecular weight is 288 g/mol. The van der Waals surface area contributed by atoms with E-state index in [0.717, 1.165) is 37.0 Å². The normalized spacial score (nSPS) is 19.1. The lowest BCUT2D eigenvalue weighted by Gasteiger charge is -2.30. The van der Waals surface area contributed by atoms with Crippen molar-refractivity contribution in [2.45, 2.75) is 38.2 Å². The summed E-state index contributed by atoms with van der Waals surface area (Å²) in [6.07, 6.45) is 1.70. The zero-order chi connectivity index (χ0) is 15.0. The molecule has 1 N–H and O–H groups in total. The highest BCUT2D eigenvalue weighted by Crippen LogP contribution is 2.41. The van der Waals surface area contributed by atoms with Gasteiger partial charge in [0.1, 0.15) is 11.6 Å². The number of aliphatic hydroxyl groups is 1.